The van der Waals surface area contributed by atoms with Crippen LogP contribution in [0.25, 0.3) is 20.4 Å². The molecule has 0 saturated carbocycles. The number of fused-ring (bicyclic) bond motifs is 2. The third kappa shape index (κ3) is 9.55. The Morgan fingerprint density at radius 1 is 0.667 bits per heavy atom. The molecule has 0 unspecified atom stereocenters. The highest BCUT2D eigenvalue weighted by molar-refractivity contribution is 9.11. The Balaban J connectivity index is 0.000000137. The van der Waals surface area contributed by atoms with Crippen molar-refractivity contribution in [3.8, 4) is 10.4 Å². The third-order valence-electron chi connectivity index (χ3n) is 8.32. The first-order valence-electron chi connectivity index (χ1n) is 15.9. The van der Waals surface area contributed by atoms with Crippen LogP contribution < -0.4 is 5.46 Å². The Morgan fingerprint density at radius 3 is 1.60 bits per heavy atom. The molecule has 0 aliphatic carbocycles. The number of rotatable bonds is 6. The molecule has 2 saturated heterocycles. The van der Waals surface area contributed by atoms with Crippen molar-refractivity contribution in [3.05, 3.63) is 89.0 Å². The molecule has 0 atom stereocenters. The molecule has 12 nitrogen and oxygen atoms in total. The molecule has 0 amide bonds. The first-order valence-corrected chi connectivity index (χ1v) is 18.3. The number of thiazole rings is 2. The van der Waals surface area contributed by atoms with E-state index >= 15 is 0 Å². The first-order chi connectivity index (χ1) is 23.3. The van der Waals surface area contributed by atoms with Crippen molar-refractivity contribution in [2.75, 3.05) is 66.5 Å². The van der Waals surface area contributed by atoms with Gasteiger partial charge in [-0.25, -0.2) is 9.97 Å². The van der Waals surface area contributed by atoms with Crippen molar-refractivity contribution >= 4 is 61.1 Å². The highest BCUT2D eigenvalue weighted by Crippen LogP contribution is 2.28. The molecule has 2 aliphatic heterocycles. The maximum atomic E-state index is 8.55. The van der Waals surface area contributed by atoms with Gasteiger partial charge in [-0.15, -0.1) is 0 Å². The smallest absolute Gasteiger partial charge is 0.423 e. The van der Waals surface area contributed by atoms with Crippen LogP contribution in [0.4, 0.5) is 0 Å². The van der Waals surface area contributed by atoms with Crippen LogP contribution in [-0.2, 0) is 13.1 Å². The van der Waals surface area contributed by atoms with Crippen LogP contribution in [0.2, 0.25) is 0 Å². The normalized spacial score (nSPS) is 16.4. The number of nitrogens with zero attached hydrogens (tertiary/aromatic N) is 10. The predicted octanol–water partition coefficient (Wildman–Crippen LogP) is 2.87. The van der Waals surface area contributed by atoms with Gasteiger partial charge in [-0.05, 0) is 65.3 Å². The molecule has 6 aromatic heterocycles. The molecule has 8 heterocycles. The lowest BCUT2D eigenvalue weighted by Gasteiger charge is -2.31. The minimum atomic E-state index is -1.38. The lowest BCUT2D eigenvalue weighted by molar-refractivity contribution is 0.147. The Bertz CT molecular complexity index is 1790. The predicted molar refractivity (Wildman–Crippen MR) is 197 cm³/mol. The SMILES string of the molecule is CN1CCN(Cc2cn3cc(-c4ccncc4)sc3n2)CC1.CN1CCN(Cc2cn3cc(Br)sc3n2)CC1.OB(O)c1ccncc1. The zero-order chi connectivity index (χ0) is 33.5. The van der Waals surface area contributed by atoms with Gasteiger partial charge >= 0.3 is 7.12 Å². The molecular formula is C32H40BBrN10O2S2. The minimum absolute atomic E-state index is 0.463. The Hall–Kier alpha value is -3.06. The summed E-state index contributed by atoms with van der Waals surface area (Å²) >= 11 is 6.88. The standard InChI is InChI=1S/C16H19N5S.C11H15BrN4S.C5H6BNO2/c1-19-6-8-20(9-7-19)10-14-11-21-12-15(22-16(21)18-14)13-2-4-17-5-3-13;1-14-2-4-15(5-3-14)6-9-7-16-8-10(12)17-11(16)13-9;8-6(9)5-1-3-7-4-2-5/h2-5,11-12H,6-10H2,1H3;7-8H,2-6H2,1H3;1-4,8-9H. The molecule has 8 rings (SSSR count). The van der Waals surface area contributed by atoms with Crippen LogP contribution in [0.15, 0.2) is 77.6 Å². The monoisotopic (exact) mass is 750 g/mol. The van der Waals surface area contributed by atoms with E-state index in [1.165, 1.54) is 28.5 Å². The van der Waals surface area contributed by atoms with E-state index in [1.807, 2.05) is 24.5 Å². The molecule has 16 heteroatoms. The summed E-state index contributed by atoms with van der Waals surface area (Å²) in [7, 11) is 2.99. The summed E-state index contributed by atoms with van der Waals surface area (Å²) in [6.45, 7) is 11.1. The van der Waals surface area contributed by atoms with Crippen molar-refractivity contribution in [3.63, 3.8) is 0 Å². The second-order valence-electron chi connectivity index (χ2n) is 12.0. The molecular weight excluding hydrogens is 711 g/mol. The highest BCUT2D eigenvalue weighted by atomic mass is 79.9. The molecule has 0 spiro atoms. The largest absolute Gasteiger partial charge is 0.488 e. The average Bonchev–Trinajstić information content (AvgIpc) is 3.85. The van der Waals surface area contributed by atoms with Crippen molar-refractivity contribution in [1.82, 2.24) is 48.3 Å². The van der Waals surface area contributed by atoms with Gasteiger partial charge in [-0.2, -0.15) is 0 Å². The van der Waals surface area contributed by atoms with Crippen molar-refractivity contribution in [2.45, 2.75) is 13.1 Å². The number of imidazole rings is 2. The minimum Gasteiger partial charge on any atom is -0.423 e. The van der Waals surface area contributed by atoms with E-state index in [4.69, 9.17) is 15.0 Å². The van der Waals surface area contributed by atoms with E-state index in [2.05, 4.69) is 98.2 Å². The van der Waals surface area contributed by atoms with E-state index in [1.54, 1.807) is 34.8 Å². The molecule has 0 radical (unpaired) electrons. The van der Waals surface area contributed by atoms with E-state index in [9.17, 15) is 0 Å². The van der Waals surface area contributed by atoms with Crippen LogP contribution in [-0.4, -0.2) is 132 Å². The fraction of sp³-hybridized carbons (Fsp3) is 0.375. The molecule has 0 aromatic carbocycles. The molecule has 2 fully saturated rings. The number of aromatic nitrogens is 6. The van der Waals surface area contributed by atoms with Gasteiger partial charge in [0.1, 0.15) is 0 Å². The van der Waals surface area contributed by atoms with Crippen LogP contribution in [0.1, 0.15) is 11.4 Å². The molecule has 6 aromatic rings. The molecule has 2 N–H and O–H groups in total. The number of hydrogen-bond acceptors (Lipinski definition) is 12. The fourth-order valence-corrected chi connectivity index (χ4v) is 7.83. The molecule has 48 heavy (non-hydrogen) atoms. The third-order valence-corrected chi connectivity index (χ3v) is 10.8. The zero-order valence-electron chi connectivity index (χ0n) is 27.1. The number of pyridine rings is 2. The Morgan fingerprint density at radius 2 is 1.15 bits per heavy atom. The summed E-state index contributed by atoms with van der Waals surface area (Å²) in [5.41, 5.74) is 4.00. The van der Waals surface area contributed by atoms with Crippen LogP contribution in [0.3, 0.4) is 0 Å². The topological polar surface area (TPSA) is 114 Å². The van der Waals surface area contributed by atoms with Gasteiger partial charge in [0.15, 0.2) is 9.92 Å². The zero-order valence-corrected chi connectivity index (χ0v) is 30.4. The fourth-order valence-electron chi connectivity index (χ4n) is 5.47. The van der Waals surface area contributed by atoms with Crippen molar-refractivity contribution in [1.29, 1.82) is 0 Å². The molecule has 0 bridgehead atoms. The van der Waals surface area contributed by atoms with Crippen LogP contribution in [0.5, 0.6) is 0 Å². The van der Waals surface area contributed by atoms with Crippen LogP contribution >= 0.6 is 38.6 Å². The van der Waals surface area contributed by atoms with Gasteiger partial charge in [0, 0.05) is 115 Å². The van der Waals surface area contributed by atoms with Gasteiger partial charge < -0.3 is 19.8 Å². The Labute approximate surface area is 297 Å². The van der Waals surface area contributed by atoms with E-state index < -0.39 is 7.12 Å². The maximum Gasteiger partial charge on any atom is 0.488 e. The number of piperazine rings is 2. The summed E-state index contributed by atoms with van der Waals surface area (Å²) < 4.78 is 5.37. The van der Waals surface area contributed by atoms with Gasteiger partial charge in [-0.1, -0.05) is 22.7 Å². The summed E-state index contributed by atoms with van der Waals surface area (Å²) in [5, 5.41) is 17.1. The van der Waals surface area contributed by atoms with Gasteiger partial charge in [0.05, 0.1) is 20.1 Å². The highest BCUT2D eigenvalue weighted by Gasteiger charge is 2.17. The molecule has 252 valence electrons. The van der Waals surface area contributed by atoms with E-state index in [0.29, 0.717) is 5.46 Å². The number of likely N-dealkylation sites (N-methyl/N-ethyl adjacent to an activating group) is 2. The number of halogens is 1. The summed E-state index contributed by atoms with van der Waals surface area (Å²) in [6.07, 6.45) is 15.2. The second kappa shape index (κ2) is 16.6. The van der Waals surface area contributed by atoms with E-state index in [0.717, 1.165) is 84.8 Å². The van der Waals surface area contributed by atoms with Crippen LogP contribution in [0, 0.1) is 0 Å². The van der Waals surface area contributed by atoms with Crippen molar-refractivity contribution in [2.24, 2.45) is 0 Å². The Kier molecular flexibility index (Phi) is 12.0. The van der Waals surface area contributed by atoms with Gasteiger partial charge in [0.25, 0.3) is 0 Å². The van der Waals surface area contributed by atoms with Crippen molar-refractivity contribution < 1.29 is 10.0 Å². The van der Waals surface area contributed by atoms with Gasteiger partial charge in [0.2, 0.25) is 0 Å². The molecule has 2 aliphatic rings. The summed E-state index contributed by atoms with van der Waals surface area (Å²) in [4.78, 5) is 30.3. The maximum absolute atomic E-state index is 8.55. The van der Waals surface area contributed by atoms with E-state index in [-0.39, 0.29) is 0 Å². The van der Waals surface area contributed by atoms with Gasteiger partial charge in [-0.3, -0.25) is 28.6 Å². The number of hydrogen-bond donors (Lipinski definition) is 2. The second-order valence-corrected chi connectivity index (χ2v) is 15.4. The lowest BCUT2D eigenvalue weighted by atomic mass is 9.81. The summed E-state index contributed by atoms with van der Waals surface area (Å²) in [5.74, 6) is 0. The summed E-state index contributed by atoms with van der Waals surface area (Å²) in [6, 6.07) is 7.17. The lowest BCUT2D eigenvalue weighted by Crippen LogP contribution is -2.43. The average molecular weight is 752 g/mol. The first kappa shape index (κ1) is 34.8. The quantitative estimate of drug-likeness (QED) is 0.247.